The number of nitrogens with one attached hydrogen (secondary N) is 1. The lowest BCUT2D eigenvalue weighted by atomic mass is 9.96. The van der Waals surface area contributed by atoms with Crippen LogP contribution in [0.25, 0.3) is 0 Å². The summed E-state index contributed by atoms with van der Waals surface area (Å²) in [5.74, 6) is 0.743. The van der Waals surface area contributed by atoms with E-state index in [-0.39, 0.29) is 6.03 Å². The summed E-state index contributed by atoms with van der Waals surface area (Å²) in [6, 6.07) is 0.0876. The molecule has 0 bridgehead atoms. The van der Waals surface area contributed by atoms with Crippen LogP contribution in [0.3, 0.4) is 0 Å². The molecule has 2 aliphatic rings. The van der Waals surface area contributed by atoms with Crippen molar-refractivity contribution in [3.63, 3.8) is 0 Å². The zero-order chi connectivity index (χ0) is 16.8. The van der Waals surface area contributed by atoms with E-state index in [1.54, 1.807) is 11.3 Å². The van der Waals surface area contributed by atoms with E-state index >= 15 is 0 Å². The third-order valence-electron chi connectivity index (χ3n) is 5.11. The Hall–Kier alpha value is -1.18. The lowest BCUT2D eigenvalue weighted by Crippen LogP contribution is -2.49. The number of carbonyl (C=O) groups is 1. The Morgan fingerprint density at radius 2 is 2.00 bits per heavy atom. The summed E-state index contributed by atoms with van der Waals surface area (Å²) in [5.41, 5.74) is 0. The van der Waals surface area contributed by atoms with Crippen molar-refractivity contribution in [1.29, 1.82) is 0 Å². The van der Waals surface area contributed by atoms with E-state index in [9.17, 15) is 4.79 Å². The molecule has 134 valence electrons. The van der Waals surface area contributed by atoms with Gasteiger partial charge in [0.05, 0.1) is 5.01 Å². The smallest absolute Gasteiger partial charge is 0.317 e. The number of carbonyl (C=O) groups excluding carboxylic acids is 1. The lowest BCUT2D eigenvalue weighted by molar-refractivity contribution is 0.111. The van der Waals surface area contributed by atoms with Gasteiger partial charge in [-0.05, 0) is 25.8 Å². The molecule has 0 atom stereocenters. The lowest BCUT2D eigenvalue weighted by Gasteiger charge is -2.37. The fourth-order valence-electron chi connectivity index (χ4n) is 3.48. The number of likely N-dealkylation sites (tertiary alicyclic amines) is 1. The van der Waals surface area contributed by atoms with Crippen LogP contribution in [0.5, 0.6) is 0 Å². The quantitative estimate of drug-likeness (QED) is 0.870. The first kappa shape index (κ1) is 17.6. The second-order valence-corrected chi connectivity index (χ2v) is 7.92. The highest BCUT2D eigenvalue weighted by molar-refractivity contribution is 7.09. The van der Waals surface area contributed by atoms with Gasteiger partial charge in [0, 0.05) is 70.4 Å². The molecule has 2 saturated heterocycles. The number of piperidine rings is 1. The van der Waals surface area contributed by atoms with Crippen molar-refractivity contribution in [2.24, 2.45) is 5.92 Å². The van der Waals surface area contributed by atoms with Gasteiger partial charge in [0.25, 0.3) is 0 Å². The second kappa shape index (κ2) is 8.78. The van der Waals surface area contributed by atoms with Crippen LogP contribution in [0.15, 0.2) is 11.6 Å². The first-order valence-electron chi connectivity index (χ1n) is 9.03. The zero-order valence-corrected chi connectivity index (χ0v) is 15.4. The predicted molar refractivity (Wildman–Crippen MR) is 97.5 cm³/mol. The maximum Gasteiger partial charge on any atom is 0.317 e. The maximum atomic E-state index is 12.2. The van der Waals surface area contributed by atoms with Crippen molar-refractivity contribution in [3.8, 4) is 0 Å². The molecule has 2 fully saturated rings. The SMILES string of the molecule is CN1CCN(CC2CCN(C(=O)NCCc3nccs3)CC2)CC1. The monoisotopic (exact) mass is 351 g/mol. The molecule has 1 aromatic heterocycles. The highest BCUT2D eigenvalue weighted by atomic mass is 32.1. The van der Waals surface area contributed by atoms with Crippen molar-refractivity contribution in [2.45, 2.75) is 19.3 Å². The number of rotatable bonds is 5. The van der Waals surface area contributed by atoms with Gasteiger partial charge in [-0.2, -0.15) is 0 Å². The number of hydrogen-bond donors (Lipinski definition) is 1. The summed E-state index contributed by atoms with van der Waals surface area (Å²) >= 11 is 1.64. The van der Waals surface area contributed by atoms with Crippen LogP contribution in [0.4, 0.5) is 4.79 Å². The van der Waals surface area contributed by atoms with Gasteiger partial charge in [0.15, 0.2) is 0 Å². The van der Waals surface area contributed by atoms with Crippen LogP contribution >= 0.6 is 11.3 Å². The van der Waals surface area contributed by atoms with E-state index in [1.165, 1.54) is 32.7 Å². The van der Waals surface area contributed by atoms with Crippen molar-refractivity contribution in [3.05, 3.63) is 16.6 Å². The summed E-state index contributed by atoms with van der Waals surface area (Å²) in [7, 11) is 2.20. The molecule has 6 nitrogen and oxygen atoms in total. The molecule has 2 aliphatic heterocycles. The van der Waals surface area contributed by atoms with E-state index in [0.29, 0.717) is 6.54 Å². The number of likely N-dealkylation sites (N-methyl/N-ethyl adjacent to an activating group) is 1. The molecule has 0 saturated carbocycles. The van der Waals surface area contributed by atoms with Gasteiger partial charge < -0.3 is 20.0 Å². The third-order valence-corrected chi connectivity index (χ3v) is 5.95. The summed E-state index contributed by atoms with van der Waals surface area (Å²) in [5, 5.41) is 6.09. The molecule has 3 heterocycles. The van der Waals surface area contributed by atoms with Crippen molar-refractivity contribution >= 4 is 17.4 Å². The topological polar surface area (TPSA) is 51.7 Å². The molecule has 0 spiro atoms. The number of hydrogen-bond acceptors (Lipinski definition) is 5. The number of amides is 2. The average Bonchev–Trinajstić information content (AvgIpc) is 3.11. The summed E-state index contributed by atoms with van der Waals surface area (Å²) < 4.78 is 0. The predicted octanol–water partition coefficient (Wildman–Crippen LogP) is 1.35. The van der Waals surface area contributed by atoms with Crippen LogP contribution in [0.2, 0.25) is 0 Å². The minimum absolute atomic E-state index is 0.0876. The molecule has 0 aliphatic carbocycles. The Kier molecular flexibility index (Phi) is 6.45. The van der Waals surface area contributed by atoms with Gasteiger partial charge in [-0.3, -0.25) is 0 Å². The molecule has 0 aromatic carbocycles. The van der Waals surface area contributed by atoms with Crippen molar-refractivity contribution in [2.75, 3.05) is 59.4 Å². The molecule has 0 unspecified atom stereocenters. The highest BCUT2D eigenvalue weighted by Crippen LogP contribution is 2.19. The first-order chi connectivity index (χ1) is 11.7. The Balaban J connectivity index is 1.31. The van der Waals surface area contributed by atoms with Gasteiger partial charge in [0.1, 0.15) is 0 Å². The van der Waals surface area contributed by atoms with Crippen LogP contribution in [-0.4, -0.2) is 85.1 Å². The largest absolute Gasteiger partial charge is 0.338 e. The summed E-state index contributed by atoms with van der Waals surface area (Å²) in [4.78, 5) is 23.4. The van der Waals surface area contributed by atoms with Gasteiger partial charge in [-0.25, -0.2) is 9.78 Å². The van der Waals surface area contributed by atoms with Crippen LogP contribution < -0.4 is 5.32 Å². The Morgan fingerprint density at radius 3 is 2.67 bits per heavy atom. The third kappa shape index (κ3) is 5.16. The van der Waals surface area contributed by atoms with Crippen molar-refractivity contribution < 1.29 is 4.79 Å². The number of aromatic nitrogens is 1. The number of thiazole rings is 1. The summed E-state index contributed by atoms with van der Waals surface area (Å²) in [6.07, 6.45) is 4.90. The minimum Gasteiger partial charge on any atom is -0.338 e. The summed E-state index contributed by atoms with van der Waals surface area (Å²) in [6.45, 7) is 8.40. The van der Waals surface area contributed by atoms with Crippen LogP contribution in [0, 0.1) is 5.92 Å². The average molecular weight is 352 g/mol. The van der Waals surface area contributed by atoms with E-state index < -0.39 is 0 Å². The van der Waals surface area contributed by atoms with E-state index in [4.69, 9.17) is 0 Å². The number of urea groups is 1. The van der Waals surface area contributed by atoms with Gasteiger partial charge in [-0.1, -0.05) is 0 Å². The molecular formula is C17H29N5OS. The molecule has 1 aromatic rings. The van der Waals surface area contributed by atoms with Crippen molar-refractivity contribution in [1.82, 2.24) is 25.0 Å². The minimum atomic E-state index is 0.0876. The first-order valence-corrected chi connectivity index (χ1v) is 9.91. The normalized spacial score (nSPS) is 21.1. The van der Waals surface area contributed by atoms with Gasteiger partial charge in [0.2, 0.25) is 0 Å². The molecule has 0 radical (unpaired) electrons. The zero-order valence-electron chi connectivity index (χ0n) is 14.6. The number of piperazine rings is 1. The second-order valence-electron chi connectivity index (χ2n) is 6.94. The Bertz CT molecular complexity index is 493. The Labute approximate surface area is 148 Å². The molecule has 24 heavy (non-hydrogen) atoms. The molecule has 3 rings (SSSR count). The fourth-order valence-corrected chi connectivity index (χ4v) is 4.10. The van der Waals surface area contributed by atoms with Gasteiger partial charge >= 0.3 is 6.03 Å². The molecule has 2 amide bonds. The molecule has 1 N–H and O–H groups in total. The highest BCUT2D eigenvalue weighted by Gasteiger charge is 2.25. The van der Waals surface area contributed by atoms with E-state index in [1.807, 2.05) is 16.5 Å². The van der Waals surface area contributed by atoms with Gasteiger partial charge in [-0.15, -0.1) is 11.3 Å². The fraction of sp³-hybridized carbons (Fsp3) is 0.765. The van der Waals surface area contributed by atoms with Crippen LogP contribution in [-0.2, 0) is 6.42 Å². The van der Waals surface area contributed by atoms with E-state index in [0.717, 1.165) is 43.3 Å². The number of nitrogens with zero attached hydrogens (tertiary/aromatic N) is 4. The van der Waals surface area contributed by atoms with E-state index in [2.05, 4.69) is 27.1 Å². The molecular weight excluding hydrogens is 322 g/mol. The Morgan fingerprint density at radius 1 is 1.25 bits per heavy atom. The maximum absolute atomic E-state index is 12.2. The van der Waals surface area contributed by atoms with Crippen LogP contribution in [0.1, 0.15) is 17.8 Å². The standard InChI is InChI=1S/C17H29N5OS/c1-20-9-11-21(12-10-20)14-15-3-7-22(8-4-15)17(23)19-5-2-16-18-6-13-24-16/h6,13,15H,2-5,7-12,14H2,1H3,(H,19,23). The molecule has 7 heteroatoms.